The van der Waals surface area contributed by atoms with Crippen molar-refractivity contribution < 1.29 is 9.53 Å². The van der Waals surface area contributed by atoms with Crippen LogP contribution in [-0.2, 0) is 4.74 Å². The molecule has 1 aromatic rings. The van der Waals surface area contributed by atoms with Gasteiger partial charge in [0.25, 0.3) is 5.91 Å². The van der Waals surface area contributed by atoms with Crippen LogP contribution >= 0.6 is 0 Å². The zero-order valence-corrected chi connectivity index (χ0v) is 11.8. The maximum Gasteiger partial charge on any atom is 0.273 e. The van der Waals surface area contributed by atoms with E-state index in [2.05, 4.69) is 20.9 Å². The number of nitrogens with one attached hydrogen (secondary N) is 2. The molecule has 1 unspecified atom stereocenters. The minimum absolute atomic E-state index is 0.168. The second-order valence-electron chi connectivity index (χ2n) is 5.88. The number of hydrogen-bond donors (Lipinski definition) is 2. The molecule has 0 spiro atoms. The standard InChI is InChI=1S/C13H21N5O2/c1-13(4-7-20-9-13)15-12(19)11-8-18(17-16-11)10-2-5-14-6-3-10/h8,10,14H,2-7,9H2,1H3,(H,15,19). The molecule has 110 valence electrons. The third-order valence-electron chi connectivity index (χ3n) is 4.06. The first-order valence-electron chi connectivity index (χ1n) is 7.19. The first-order valence-corrected chi connectivity index (χ1v) is 7.19. The Morgan fingerprint density at radius 2 is 2.35 bits per heavy atom. The quantitative estimate of drug-likeness (QED) is 0.821. The van der Waals surface area contributed by atoms with Crippen molar-refractivity contribution in [3.63, 3.8) is 0 Å². The molecule has 20 heavy (non-hydrogen) atoms. The SMILES string of the molecule is CC1(NC(=O)c2cn(C3CCNCC3)nn2)CCOC1. The number of piperidine rings is 1. The van der Waals surface area contributed by atoms with E-state index in [1.807, 2.05) is 11.6 Å². The Morgan fingerprint density at radius 3 is 3.05 bits per heavy atom. The molecule has 2 N–H and O–H groups in total. The molecule has 0 aromatic carbocycles. The van der Waals surface area contributed by atoms with Gasteiger partial charge in [-0.25, -0.2) is 4.68 Å². The van der Waals surface area contributed by atoms with Crippen LogP contribution in [0.3, 0.4) is 0 Å². The van der Waals surface area contributed by atoms with Gasteiger partial charge in [0.1, 0.15) is 0 Å². The fourth-order valence-corrected chi connectivity index (χ4v) is 2.73. The van der Waals surface area contributed by atoms with E-state index in [0.29, 0.717) is 24.9 Å². The van der Waals surface area contributed by atoms with E-state index in [9.17, 15) is 4.79 Å². The molecule has 2 aliphatic rings. The highest BCUT2D eigenvalue weighted by Gasteiger charge is 2.32. The summed E-state index contributed by atoms with van der Waals surface area (Å²) in [5, 5.41) is 14.4. The van der Waals surface area contributed by atoms with Crippen molar-refractivity contribution in [1.29, 1.82) is 0 Å². The van der Waals surface area contributed by atoms with E-state index in [4.69, 9.17) is 4.74 Å². The van der Waals surface area contributed by atoms with Crippen molar-refractivity contribution in [2.75, 3.05) is 26.3 Å². The lowest BCUT2D eigenvalue weighted by Gasteiger charge is -2.23. The Hall–Kier alpha value is -1.47. The third kappa shape index (κ3) is 2.83. The minimum Gasteiger partial charge on any atom is -0.379 e. The number of rotatable bonds is 3. The lowest BCUT2D eigenvalue weighted by molar-refractivity contribution is 0.0884. The van der Waals surface area contributed by atoms with Gasteiger partial charge < -0.3 is 15.4 Å². The number of amides is 1. The van der Waals surface area contributed by atoms with Crippen molar-refractivity contribution in [3.05, 3.63) is 11.9 Å². The van der Waals surface area contributed by atoms with Gasteiger partial charge in [0.15, 0.2) is 5.69 Å². The first-order chi connectivity index (χ1) is 9.66. The molecule has 0 aliphatic carbocycles. The molecule has 7 heteroatoms. The zero-order valence-electron chi connectivity index (χ0n) is 11.8. The molecular formula is C13H21N5O2. The molecule has 1 aromatic heterocycles. The fourth-order valence-electron chi connectivity index (χ4n) is 2.73. The van der Waals surface area contributed by atoms with Crippen LogP contribution in [0.15, 0.2) is 6.20 Å². The van der Waals surface area contributed by atoms with Gasteiger partial charge in [0.05, 0.1) is 24.4 Å². The normalized spacial score (nSPS) is 27.6. The smallest absolute Gasteiger partial charge is 0.273 e. The van der Waals surface area contributed by atoms with E-state index in [1.54, 1.807) is 6.20 Å². The topological polar surface area (TPSA) is 81.1 Å². The van der Waals surface area contributed by atoms with Crippen LogP contribution in [0.5, 0.6) is 0 Å². The van der Waals surface area contributed by atoms with Gasteiger partial charge in [-0.05, 0) is 39.3 Å². The minimum atomic E-state index is -0.282. The predicted molar refractivity (Wildman–Crippen MR) is 72.5 cm³/mol. The van der Waals surface area contributed by atoms with E-state index in [1.165, 1.54) is 0 Å². The Morgan fingerprint density at radius 1 is 1.55 bits per heavy atom. The van der Waals surface area contributed by atoms with E-state index in [-0.39, 0.29) is 11.4 Å². The molecular weight excluding hydrogens is 258 g/mol. The summed E-state index contributed by atoms with van der Waals surface area (Å²) in [6.45, 7) is 5.22. The van der Waals surface area contributed by atoms with E-state index in [0.717, 1.165) is 32.4 Å². The van der Waals surface area contributed by atoms with Gasteiger partial charge in [-0.15, -0.1) is 5.10 Å². The summed E-state index contributed by atoms with van der Waals surface area (Å²) >= 11 is 0. The Bertz CT molecular complexity index is 475. The van der Waals surface area contributed by atoms with Crippen LogP contribution in [0.1, 0.15) is 42.7 Å². The van der Waals surface area contributed by atoms with Crippen LogP contribution in [0.4, 0.5) is 0 Å². The highest BCUT2D eigenvalue weighted by molar-refractivity contribution is 5.92. The van der Waals surface area contributed by atoms with Crippen LogP contribution in [-0.4, -0.2) is 52.7 Å². The molecule has 7 nitrogen and oxygen atoms in total. The fraction of sp³-hybridized carbons (Fsp3) is 0.769. The zero-order chi connectivity index (χ0) is 14.0. The molecule has 2 fully saturated rings. The Kier molecular flexibility index (Phi) is 3.71. The van der Waals surface area contributed by atoms with Crippen LogP contribution < -0.4 is 10.6 Å². The number of nitrogens with zero attached hydrogens (tertiary/aromatic N) is 3. The molecule has 1 amide bonds. The number of carbonyl (C=O) groups is 1. The van der Waals surface area contributed by atoms with Gasteiger partial charge in [0, 0.05) is 6.61 Å². The van der Waals surface area contributed by atoms with Crippen molar-refractivity contribution in [3.8, 4) is 0 Å². The van der Waals surface area contributed by atoms with Crippen molar-refractivity contribution in [2.24, 2.45) is 0 Å². The van der Waals surface area contributed by atoms with E-state index < -0.39 is 0 Å². The number of hydrogen-bond acceptors (Lipinski definition) is 5. The lowest BCUT2D eigenvalue weighted by atomic mass is 10.0. The highest BCUT2D eigenvalue weighted by Crippen LogP contribution is 2.19. The highest BCUT2D eigenvalue weighted by atomic mass is 16.5. The maximum absolute atomic E-state index is 12.2. The van der Waals surface area contributed by atoms with Crippen molar-refractivity contribution in [1.82, 2.24) is 25.6 Å². The predicted octanol–water partition coefficient (Wildman–Crippen LogP) is 0.111. The average molecular weight is 279 g/mol. The van der Waals surface area contributed by atoms with Crippen LogP contribution in [0.2, 0.25) is 0 Å². The Balaban J connectivity index is 1.65. The molecule has 2 saturated heterocycles. The molecule has 3 rings (SSSR count). The lowest BCUT2D eigenvalue weighted by Crippen LogP contribution is -2.46. The summed E-state index contributed by atoms with van der Waals surface area (Å²) in [6.07, 6.45) is 4.64. The second kappa shape index (κ2) is 5.49. The summed E-state index contributed by atoms with van der Waals surface area (Å²) in [4.78, 5) is 12.2. The summed E-state index contributed by atoms with van der Waals surface area (Å²) < 4.78 is 7.16. The van der Waals surface area contributed by atoms with E-state index >= 15 is 0 Å². The van der Waals surface area contributed by atoms with Gasteiger partial charge in [0.2, 0.25) is 0 Å². The monoisotopic (exact) mass is 279 g/mol. The number of carbonyl (C=O) groups excluding carboxylic acids is 1. The third-order valence-corrected chi connectivity index (χ3v) is 4.06. The molecule has 1 atom stereocenters. The first kappa shape index (κ1) is 13.5. The van der Waals surface area contributed by atoms with Crippen LogP contribution in [0.25, 0.3) is 0 Å². The molecule has 0 bridgehead atoms. The summed E-state index contributed by atoms with van der Waals surface area (Å²) in [7, 11) is 0. The average Bonchev–Trinajstić information content (AvgIpc) is 3.09. The largest absolute Gasteiger partial charge is 0.379 e. The molecule has 0 radical (unpaired) electrons. The molecule has 3 heterocycles. The molecule has 0 saturated carbocycles. The summed E-state index contributed by atoms with van der Waals surface area (Å²) in [6, 6.07) is 0.343. The summed E-state index contributed by atoms with van der Waals surface area (Å²) in [5.41, 5.74) is 0.104. The molecule has 2 aliphatic heterocycles. The van der Waals surface area contributed by atoms with Crippen molar-refractivity contribution >= 4 is 5.91 Å². The van der Waals surface area contributed by atoms with Gasteiger partial charge >= 0.3 is 0 Å². The summed E-state index contributed by atoms with van der Waals surface area (Å²) in [5.74, 6) is -0.168. The van der Waals surface area contributed by atoms with Gasteiger partial charge in [-0.2, -0.15) is 0 Å². The van der Waals surface area contributed by atoms with Gasteiger partial charge in [-0.1, -0.05) is 5.21 Å². The Labute approximate surface area is 118 Å². The van der Waals surface area contributed by atoms with Crippen LogP contribution in [0, 0.1) is 0 Å². The number of aromatic nitrogens is 3. The second-order valence-corrected chi connectivity index (χ2v) is 5.88. The van der Waals surface area contributed by atoms with Crippen molar-refractivity contribution in [2.45, 2.75) is 37.8 Å². The number of ether oxygens (including phenoxy) is 1. The maximum atomic E-state index is 12.2. The van der Waals surface area contributed by atoms with Gasteiger partial charge in [-0.3, -0.25) is 4.79 Å².